The monoisotopic (exact) mass is 606 g/mol. The fraction of sp³-hybridized carbons (Fsp3) is 0.483. The van der Waals surface area contributed by atoms with Crippen LogP contribution < -0.4 is 14.9 Å². The first-order valence-electron chi connectivity index (χ1n) is 13.5. The molecule has 5 rings (SSSR count). The molecule has 2 fully saturated rings. The number of phenols is 1. The summed E-state index contributed by atoms with van der Waals surface area (Å²) in [6.07, 6.45) is -15.5. The molecule has 2 saturated heterocycles. The van der Waals surface area contributed by atoms with Gasteiger partial charge in [-0.25, -0.2) is 0 Å². The van der Waals surface area contributed by atoms with E-state index in [9.17, 15) is 40.5 Å². The summed E-state index contributed by atoms with van der Waals surface area (Å²) >= 11 is 0. The average Bonchev–Trinajstić information content (AvgIpc) is 3.00. The van der Waals surface area contributed by atoms with Crippen molar-refractivity contribution in [3.05, 3.63) is 52.2 Å². The molecular formula is C29H34O14. The standard InChI is InChI=1S/C29H34O14/c1-11-21(32)24(35)26(37)29(40-11)43-28-25(36)22(33)18(10-30)42-27(28)20-16(39-3)9-17-19(23(20)34)14(31)8-15(41-17)12-4-6-13(38-2)7-5-12/h4-9,11,18,21-22,24-30,32-37H,10H2,1-3H3/t11?,18?,21-,22+,24-,25-,26?,27-,28?,29-/m0/s1. The number of hydrogen-bond donors (Lipinski definition) is 7. The van der Waals surface area contributed by atoms with Crippen LogP contribution in [0, 0.1) is 0 Å². The van der Waals surface area contributed by atoms with E-state index in [1.807, 2.05) is 0 Å². The number of fused-ring (bicyclic) bond motifs is 1. The van der Waals surface area contributed by atoms with Crippen LogP contribution in [0.3, 0.4) is 0 Å². The summed E-state index contributed by atoms with van der Waals surface area (Å²) in [6, 6.07) is 9.26. The fourth-order valence-corrected chi connectivity index (χ4v) is 5.39. The van der Waals surface area contributed by atoms with Gasteiger partial charge in [0.2, 0.25) is 0 Å². The third-order valence-corrected chi connectivity index (χ3v) is 7.84. The topological polar surface area (TPSA) is 218 Å². The lowest BCUT2D eigenvalue weighted by atomic mass is 9.89. The van der Waals surface area contributed by atoms with E-state index in [1.165, 1.54) is 33.3 Å². The van der Waals surface area contributed by atoms with Crippen LogP contribution in [0.2, 0.25) is 0 Å². The maximum atomic E-state index is 13.3. The normalized spacial score (nSPS) is 33.0. The minimum absolute atomic E-state index is 0.0408. The first kappa shape index (κ1) is 31.1. The van der Waals surface area contributed by atoms with Crippen LogP contribution in [0.15, 0.2) is 45.6 Å². The lowest BCUT2D eigenvalue weighted by molar-refractivity contribution is -0.338. The molecule has 234 valence electrons. The van der Waals surface area contributed by atoms with Crippen molar-refractivity contribution < 1.29 is 63.8 Å². The molecule has 14 heteroatoms. The predicted molar refractivity (Wildman–Crippen MR) is 147 cm³/mol. The Bertz CT molecular complexity index is 1490. The van der Waals surface area contributed by atoms with Gasteiger partial charge in [0.15, 0.2) is 11.7 Å². The van der Waals surface area contributed by atoms with E-state index in [1.54, 1.807) is 24.3 Å². The summed E-state index contributed by atoms with van der Waals surface area (Å²) in [5.41, 5.74) is -0.298. The molecule has 10 atom stereocenters. The molecule has 14 nitrogen and oxygen atoms in total. The maximum Gasteiger partial charge on any atom is 0.197 e. The molecule has 7 N–H and O–H groups in total. The highest BCUT2D eigenvalue weighted by Gasteiger charge is 2.51. The maximum absolute atomic E-state index is 13.3. The largest absolute Gasteiger partial charge is 0.506 e. The lowest BCUT2D eigenvalue weighted by Gasteiger charge is -2.46. The van der Waals surface area contributed by atoms with E-state index in [4.69, 9.17) is 28.1 Å². The highest BCUT2D eigenvalue weighted by Crippen LogP contribution is 2.46. The van der Waals surface area contributed by atoms with Crippen LogP contribution in [0.1, 0.15) is 18.6 Å². The van der Waals surface area contributed by atoms with E-state index in [0.29, 0.717) is 11.3 Å². The van der Waals surface area contributed by atoms with Crippen molar-refractivity contribution in [2.75, 3.05) is 20.8 Å². The molecule has 0 bridgehead atoms. The van der Waals surface area contributed by atoms with E-state index in [2.05, 4.69) is 0 Å². The molecule has 43 heavy (non-hydrogen) atoms. The summed E-state index contributed by atoms with van der Waals surface area (Å²) in [4.78, 5) is 13.3. The zero-order valence-corrected chi connectivity index (χ0v) is 23.4. The molecule has 0 amide bonds. The Morgan fingerprint density at radius 1 is 0.860 bits per heavy atom. The molecule has 2 aliphatic heterocycles. The van der Waals surface area contributed by atoms with Crippen LogP contribution >= 0.6 is 0 Å². The van der Waals surface area contributed by atoms with E-state index in [0.717, 1.165) is 0 Å². The second-order valence-electron chi connectivity index (χ2n) is 10.5. The molecule has 3 heterocycles. The van der Waals surface area contributed by atoms with Gasteiger partial charge in [-0.15, -0.1) is 0 Å². The van der Waals surface area contributed by atoms with E-state index >= 15 is 0 Å². The molecule has 3 aromatic rings. The number of aliphatic hydroxyl groups excluding tert-OH is 6. The van der Waals surface area contributed by atoms with Gasteiger partial charge >= 0.3 is 0 Å². The number of aromatic hydroxyl groups is 1. The molecule has 0 spiro atoms. The molecule has 0 saturated carbocycles. The van der Waals surface area contributed by atoms with Gasteiger partial charge < -0.3 is 63.8 Å². The van der Waals surface area contributed by atoms with E-state index < -0.39 is 79.0 Å². The number of methoxy groups -OCH3 is 2. The van der Waals surface area contributed by atoms with Crippen molar-refractivity contribution in [2.45, 2.75) is 68.1 Å². The van der Waals surface area contributed by atoms with Crippen LogP contribution in [0.4, 0.5) is 0 Å². The summed E-state index contributed by atoms with van der Waals surface area (Å²) in [7, 11) is 2.79. The number of hydrogen-bond acceptors (Lipinski definition) is 14. The molecule has 1 aromatic heterocycles. The summed E-state index contributed by atoms with van der Waals surface area (Å²) in [5.74, 6) is 0.0894. The Morgan fingerprint density at radius 3 is 2.19 bits per heavy atom. The first-order valence-corrected chi connectivity index (χ1v) is 13.5. The van der Waals surface area contributed by atoms with Crippen molar-refractivity contribution in [3.63, 3.8) is 0 Å². The minimum Gasteiger partial charge on any atom is -0.506 e. The molecule has 0 radical (unpaired) electrons. The van der Waals surface area contributed by atoms with Crippen molar-refractivity contribution in [1.82, 2.24) is 0 Å². The molecule has 4 unspecified atom stereocenters. The molecular weight excluding hydrogens is 572 g/mol. The number of rotatable bonds is 7. The van der Waals surface area contributed by atoms with Gasteiger partial charge in [-0.1, -0.05) is 0 Å². The number of benzene rings is 2. The summed E-state index contributed by atoms with van der Waals surface area (Å²) < 4.78 is 33.8. The number of phenolic OH excluding ortho intramolecular Hbond substituents is 1. The van der Waals surface area contributed by atoms with Gasteiger partial charge in [0.25, 0.3) is 0 Å². The molecule has 0 aliphatic carbocycles. The Kier molecular flexibility index (Phi) is 8.94. The average molecular weight is 607 g/mol. The predicted octanol–water partition coefficient (Wildman–Crippen LogP) is -0.451. The Morgan fingerprint density at radius 2 is 1.56 bits per heavy atom. The summed E-state index contributed by atoms with van der Waals surface area (Å²) in [6.45, 7) is 0.686. The Labute approximate surface area is 244 Å². The molecule has 2 aliphatic rings. The highest BCUT2D eigenvalue weighted by molar-refractivity contribution is 5.88. The van der Waals surface area contributed by atoms with Crippen molar-refractivity contribution in [2.24, 2.45) is 0 Å². The van der Waals surface area contributed by atoms with Gasteiger partial charge in [0.05, 0.1) is 32.5 Å². The lowest BCUT2D eigenvalue weighted by Crippen LogP contribution is -2.61. The van der Waals surface area contributed by atoms with Gasteiger partial charge in [-0.2, -0.15) is 0 Å². The fourth-order valence-electron chi connectivity index (χ4n) is 5.39. The van der Waals surface area contributed by atoms with Crippen molar-refractivity contribution in [3.8, 4) is 28.6 Å². The van der Waals surface area contributed by atoms with Crippen LogP contribution in [-0.4, -0.2) is 112 Å². The quantitative estimate of drug-likeness (QED) is 0.181. The van der Waals surface area contributed by atoms with Crippen LogP contribution in [0.25, 0.3) is 22.3 Å². The van der Waals surface area contributed by atoms with Crippen molar-refractivity contribution in [1.29, 1.82) is 0 Å². The second-order valence-corrected chi connectivity index (χ2v) is 10.5. The Balaban J connectivity index is 1.60. The zero-order chi connectivity index (χ0) is 31.2. The van der Waals surface area contributed by atoms with Gasteiger partial charge in [-0.3, -0.25) is 4.79 Å². The van der Waals surface area contributed by atoms with Gasteiger partial charge in [-0.05, 0) is 31.2 Å². The molecule has 2 aromatic carbocycles. The highest BCUT2D eigenvalue weighted by atomic mass is 16.7. The van der Waals surface area contributed by atoms with Gasteiger partial charge in [0.1, 0.15) is 82.8 Å². The summed E-state index contributed by atoms with van der Waals surface area (Å²) in [5, 5.41) is 73.6. The number of aliphatic hydroxyl groups is 6. The van der Waals surface area contributed by atoms with Crippen LogP contribution in [-0.2, 0) is 14.2 Å². The van der Waals surface area contributed by atoms with Gasteiger partial charge in [0, 0.05) is 17.7 Å². The minimum atomic E-state index is -1.79. The third kappa shape index (κ3) is 5.57. The van der Waals surface area contributed by atoms with Crippen molar-refractivity contribution >= 4 is 11.0 Å². The first-order chi connectivity index (χ1) is 20.5. The second kappa shape index (κ2) is 12.4. The zero-order valence-electron chi connectivity index (χ0n) is 23.4. The smallest absolute Gasteiger partial charge is 0.197 e. The van der Waals surface area contributed by atoms with Crippen LogP contribution in [0.5, 0.6) is 17.2 Å². The number of ether oxygens (including phenoxy) is 5. The third-order valence-electron chi connectivity index (χ3n) is 7.84. The Hall–Kier alpha value is -3.31. The SMILES string of the molecule is COc1ccc(-c2cc(=O)c3c(O)c([C@@H]4OC(CO)[C@@H](O)[C@H](O)C4O[C@@H]4OC(C)[C@H](O)[C@H](O)C4O)c(OC)cc3o2)cc1. The van der Waals surface area contributed by atoms with E-state index in [-0.39, 0.29) is 28.0 Å².